The van der Waals surface area contributed by atoms with Gasteiger partial charge in [0.1, 0.15) is 0 Å². The third-order valence-corrected chi connectivity index (χ3v) is 5.43. The lowest BCUT2D eigenvalue weighted by molar-refractivity contribution is 0.104. The Labute approximate surface area is 215 Å². The van der Waals surface area contributed by atoms with Gasteiger partial charge in [-0.15, -0.1) is 0 Å². The monoisotopic (exact) mass is 507 g/mol. The molecule has 0 spiro atoms. The van der Waals surface area contributed by atoms with Crippen molar-refractivity contribution >= 4 is 23.6 Å². The minimum atomic E-state index is -0.328. The Bertz CT molecular complexity index is 1300. The van der Waals surface area contributed by atoms with Crippen LogP contribution in [0.1, 0.15) is 21.5 Å². The molecule has 9 nitrogen and oxygen atoms in total. The molecule has 0 radical (unpaired) electrons. The van der Waals surface area contributed by atoms with Gasteiger partial charge in [-0.3, -0.25) is 4.79 Å². The molecule has 194 valence electrons. The summed E-state index contributed by atoms with van der Waals surface area (Å²) in [6, 6.07) is 11.1. The summed E-state index contributed by atoms with van der Waals surface area (Å²) in [6.45, 7) is 0. The summed E-state index contributed by atoms with van der Waals surface area (Å²) in [6.07, 6.45) is 6.38. The summed E-state index contributed by atoms with van der Waals surface area (Å²) in [5.74, 6) is 1.51. The normalized spacial score (nSPS) is 10.9. The molecule has 0 aliphatic rings. The zero-order valence-electron chi connectivity index (χ0n) is 21.2. The van der Waals surface area contributed by atoms with Gasteiger partial charge in [0.05, 0.1) is 35.5 Å². The molecule has 9 heteroatoms. The summed E-state index contributed by atoms with van der Waals surface area (Å²) in [4.78, 5) is 12.5. The van der Waals surface area contributed by atoms with Gasteiger partial charge >= 0.3 is 0 Å². The average Bonchev–Trinajstić information content (AvgIpc) is 2.91. The van der Waals surface area contributed by atoms with E-state index in [1.807, 2.05) is 6.08 Å². The van der Waals surface area contributed by atoms with Crippen LogP contribution >= 0.6 is 0 Å². The van der Waals surface area contributed by atoms with Crippen molar-refractivity contribution in [1.29, 1.82) is 0 Å². The van der Waals surface area contributed by atoms with Crippen molar-refractivity contribution in [3.8, 4) is 40.2 Å². The van der Waals surface area contributed by atoms with Gasteiger partial charge in [0.25, 0.3) is 0 Å². The molecule has 0 unspecified atom stereocenters. The number of allylic oxidation sites excluding steroid dienone is 1. The second-order valence-corrected chi connectivity index (χ2v) is 7.63. The van der Waals surface area contributed by atoms with Crippen LogP contribution in [0.15, 0.2) is 54.7 Å². The van der Waals surface area contributed by atoms with Crippen LogP contribution in [0.2, 0.25) is 0 Å². The van der Waals surface area contributed by atoms with Crippen LogP contribution in [-0.4, -0.2) is 51.5 Å². The number of hydrogen-bond donors (Lipinski definition) is 3. The number of rotatable bonds is 11. The second-order valence-electron chi connectivity index (χ2n) is 7.63. The number of ketones is 1. The molecule has 37 heavy (non-hydrogen) atoms. The average molecular weight is 508 g/mol. The zero-order chi connectivity index (χ0) is 26.9. The molecule has 0 saturated heterocycles. The number of phenolic OH excluding ortho intramolecular Hbond substituents is 2. The first-order valence-corrected chi connectivity index (χ1v) is 11.1. The van der Waals surface area contributed by atoms with Gasteiger partial charge in [-0.25, -0.2) is 0 Å². The first-order chi connectivity index (χ1) is 17.8. The maximum atomic E-state index is 12.5. The van der Waals surface area contributed by atoms with E-state index in [0.717, 1.165) is 5.56 Å². The van der Waals surface area contributed by atoms with E-state index in [1.54, 1.807) is 30.3 Å². The summed E-state index contributed by atoms with van der Waals surface area (Å²) < 4.78 is 26.4. The lowest BCUT2D eigenvalue weighted by Crippen LogP contribution is -1.98. The molecule has 0 aliphatic carbocycles. The molecule has 0 bridgehead atoms. The van der Waals surface area contributed by atoms with Crippen LogP contribution in [0.4, 0.5) is 5.69 Å². The first kappa shape index (κ1) is 26.8. The summed E-state index contributed by atoms with van der Waals surface area (Å²) in [5, 5.41) is 23.3. The first-order valence-electron chi connectivity index (χ1n) is 11.1. The molecule has 0 aromatic heterocycles. The van der Waals surface area contributed by atoms with Crippen molar-refractivity contribution in [2.75, 3.05) is 40.9 Å². The molecule has 3 N–H and O–H groups in total. The Balaban J connectivity index is 1.89. The fraction of sp³-hybridized carbons (Fsp3) is 0.179. The maximum Gasteiger partial charge on any atom is 0.203 e. The highest BCUT2D eigenvalue weighted by Gasteiger charge is 2.13. The number of methoxy groups -OCH3 is 5. The second kappa shape index (κ2) is 12.3. The number of phenols is 2. The van der Waals surface area contributed by atoms with Crippen molar-refractivity contribution in [3.05, 3.63) is 71.4 Å². The van der Waals surface area contributed by atoms with Crippen LogP contribution in [0.25, 0.3) is 12.2 Å². The summed E-state index contributed by atoms with van der Waals surface area (Å²) in [7, 11) is 7.48. The number of nitrogens with one attached hydrogen (secondary N) is 1. The van der Waals surface area contributed by atoms with E-state index in [2.05, 4.69) is 5.32 Å². The third-order valence-electron chi connectivity index (χ3n) is 5.43. The lowest BCUT2D eigenvalue weighted by Gasteiger charge is -2.13. The molecule has 0 aliphatic heterocycles. The van der Waals surface area contributed by atoms with E-state index >= 15 is 0 Å². The Morgan fingerprint density at radius 3 is 1.92 bits per heavy atom. The van der Waals surface area contributed by atoms with Crippen LogP contribution in [0.3, 0.4) is 0 Å². The number of anilines is 1. The number of carbonyl (C=O) groups excluding carboxylic acids is 1. The summed E-state index contributed by atoms with van der Waals surface area (Å²) in [5.41, 5.74) is 2.24. The molecule has 0 saturated carbocycles. The fourth-order valence-electron chi connectivity index (χ4n) is 3.54. The van der Waals surface area contributed by atoms with Crippen molar-refractivity contribution < 1.29 is 38.7 Å². The quantitative estimate of drug-likeness (QED) is 0.141. The number of benzene rings is 3. The van der Waals surface area contributed by atoms with E-state index in [4.69, 9.17) is 23.7 Å². The van der Waals surface area contributed by atoms with Gasteiger partial charge in [0.2, 0.25) is 5.75 Å². The van der Waals surface area contributed by atoms with E-state index < -0.39 is 0 Å². The lowest BCUT2D eigenvalue weighted by atomic mass is 10.1. The maximum absolute atomic E-state index is 12.5. The number of aromatic hydroxyl groups is 2. The van der Waals surface area contributed by atoms with Crippen LogP contribution in [0.5, 0.6) is 40.2 Å². The minimum Gasteiger partial charge on any atom is -0.504 e. The van der Waals surface area contributed by atoms with Gasteiger partial charge in [0.15, 0.2) is 40.3 Å². The molecular weight excluding hydrogens is 478 g/mol. The Morgan fingerprint density at radius 2 is 1.35 bits per heavy atom. The van der Waals surface area contributed by atoms with Crippen molar-refractivity contribution in [2.45, 2.75) is 0 Å². The van der Waals surface area contributed by atoms with Gasteiger partial charge in [-0.05, 0) is 42.0 Å². The fourth-order valence-corrected chi connectivity index (χ4v) is 3.54. The highest BCUT2D eigenvalue weighted by atomic mass is 16.5. The zero-order valence-corrected chi connectivity index (χ0v) is 21.2. The Hall–Kier alpha value is -4.79. The molecule has 3 aromatic rings. The number of ether oxygens (including phenoxy) is 5. The SMILES string of the molecule is COc1ccc(C(=O)C=CNc2cc(OC)c(O)cc2C=Cc2cc(OC)c(OC)c(OC)c2)cc1O. The van der Waals surface area contributed by atoms with Gasteiger partial charge in [-0.2, -0.15) is 0 Å². The highest BCUT2D eigenvalue weighted by Crippen LogP contribution is 2.39. The van der Waals surface area contributed by atoms with Gasteiger partial charge < -0.3 is 39.2 Å². The predicted molar refractivity (Wildman–Crippen MR) is 141 cm³/mol. The summed E-state index contributed by atoms with van der Waals surface area (Å²) >= 11 is 0. The smallest absolute Gasteiger partial charge is 0.203 e. The highest BCUT2D eigenvalue weighted by molar-refractivity contribution is 6.05. The topological polar surface area (TPSA) is 116 Å². The largest absolute Gasteiger partial charge is 0.504 e. The third kappa shape index (κ3) is 6.26. The van der Waals surface area contributed by atoms with Crippen molar-refractivity contribution in [3.63, 3.8) is 0 Å². The number of hydrogen-bond acceptors (Lipinski definition) is 9. The minimum absolute atomic E-state index is 0.0497. The van der Waals surface area contributed by atoms with Crippen molar-refractivity contribution in [1.82, 2.24) is 0 Å². The molecule has 0 fully saturated rings. The van der Waals surface area contributed by atoms with Crippen LogP contribution < -0.4 is 29.0 Å². The van der Waals surface area contributed by atoms with E-state index in [9.17, 15) is 15.0 Å². The van der Waals surface area contributed by atoms with E-state index in [1.165, 1.54) is 66.0 Å². The Kier molecular flexibility index (Phi) is 8.88. The molecule has 3 rings (SSSR count). The molecule has 0 atom stereocenters. The number of carbonyl (C=O) groups is 1. The van der Waals surface area contributed by atoms with Gasteiger partial charge in [-0.1, -0.05) is 12.2 Å². The molecule has 3 aromatic carbocycles. The molecular formula is C28H29NO8. The van der Waals surface area contributed by atoms with Gasteiger partial charge in [0, 0.05) is 35.2 Å². The van der Waals surface area contributed by atoms with Crippen molar-refractivity contribution in [2.24, 2.45) is 0 Å². The standard InChI is InChI=1S/C28H29NO8/c1-33-24-9-8-19(15-22(24)31)21(30)10-11-29-20-16-25(34-2)23(32)14-18(20)7-6-17-12-26(35-3)28(37-5)27(13-17)36-4/h6-16,29,31-32H,1-5H3. The van der Waals surface area contributed by atoms with E-state index in [0.29, 0.717) is 34.1 Å². The van der Waals surface area contributed by atoms with Crippen LogP contribution in [-0.2, 0) is 0 Å². The molecule has 0 amide bonds. The van der Waals surface area contributed by atoms with Crippen LogP contribution in [0, 0.1) is 0 Å². The van der Waals surface area contributed by atoms with E-state index in [-0.39, 0.29) is 28.8 Å². The molecule has 0 heterocycles. The predicted octanol–water partition coefficient (Wildman–Crippen LogP) is 5.12. The Morgan fingerprint density at radius 1 is 0.730 bits per heavy atom.